The first-order valence-corrected chi connectivity index (χ1v) is 6.58. The Morgan fingerprint density at radius 1 is 1.53 bits per heavy atom. The van der Waals surface area contributed by atoms with Crippen molar-refractivity contribution in [2.75, 3.05) is 13.2 Å². The Labute approximate surface area is 115 Å². The SMILES string of the molecule is C=CC(O)CCNC(=O)[C@@H]1OC(C)(C)OCC1(C)C. The molecule has 5 nitrogen and oxygen atoms in total. The van der Waals surface area contributed by atoms with Gasteiger partial charge in [0.15, 0.2) is 5.79 Å². The van der Waals surface area contributed by atoms with E-state index < -0.39 is 18.0 Å². The molecule has 0 aliphatic carbocycles. The summed E-state index contributed by atoms with van der Waals surface area (Å²) in [7, 11) is 0. The lowest BCUT2D eigenvalue weighted by atomic mass is 9.85. The van der Waals surface area contributed by atoms with Crippen molar-refractivity contribution >= 4 is 5.91 Å². The molecule has 1 saturated heterocycles. The van der Waals surface area contributed by atoms with Crippen LogP contribution >= 0.6 is 0 Å². The molecule has 1 aliphatic heterocycles. The minimum atomic E-state index is -0.752. The maximum Gasteiger partial charge on any atom is 0.249 e. The van der Waals surface area contributed by atoms with Crippen LogP contribution in [0.3, 0.4) is 0 Å². The number of hydrogen-bond donors (Lipinski definition) is 2. The van der Waals surface area contributed by atoms with Crippen LogP contribution in [0.4, 0.5) is 0 Å². The molecule has 1 unspecified atom stereocenters. The van der Waals surface area contributed by atoms with E-state index in [1.54, 1.807) is 13.8 Å². The summed E-state index contributed by atoms with van der Waals surface area (Å²) in [4.78, 5) is 12.2. The van der Waals surface area contributed by atoms with E-state index >= 15 is 0 Å². The lowest BCUT2D eigenvalue weighted by Gasteiger charge is -2.44. The fourth-order valence-electron chi connectivity index (χ4n) is 1.88. The predicted molar refractivity (Wildman–Crippen MR) is 72.5 cm³/mol. The van der Waals surface area contributed by atoms with Crippen LogP contribution in [0.5, 0.6) is 0 Å². The second-order valence-electron chi connectivity index (χ2n) is 6.06. The second kappa shape index (κ2) is 6.03. The summed E-state index contributed by atoms with van der Waals surface area (Å²) in [5.41, 5.74) is -0.378. The lowest BCUT2D eigenvalue weighted by Crippen LogP contribution is -2.56. The Kier molecular flexibility index (Phi) is 5.12. The van der Waals surface area contributed by atoms with Gasteiger partial charge in [-0.05, 0) is 20.3 Å². The molecule has 0 radical (unpaired) electrons. The molecule has 0 aromatic carbocycles. The van der Waals surface area contributed by atoms with Gasteiger partial charge in [0.1, 0.15) is 6.10 Å². The Morgan fingerprint density at radius 2 is 2.16 bits per heavy atom. The van der Waals surface area contributed by atoms with Crippen LogP contribution in [-0.2, 0) is 14.3 Å². The first-order valence-electron chi connectivity index (χ1n) is 6.58. The van der Waals surface area contributed by atoms with Crippen molar-refractivity contribution in [1.82, 2.24) is 5.32 Å². The van der Waals surface area contributed by atoms with E-state index in [9.17, 15) is 9.90 Å². The van der Waals surface area contributed by atoms with Gasteiger partial charge in [0.2, 0.25) is 5.91 Å². The van der Waals surface area contributed by atoms with Crippen LogP contribution < -0.4 is 5.32 Å². The number of nitrogens with one attached hydrogen (secondary N) is 1. The van der Waals surface area contributed by atoms with Gasteiger partial charge in [0, 0.05) is 12.0 Å². The molecule has 0 aromatic heterocycles. The number of amides is 1. The fourth-order valence-corrected chi connectivity index (χ4v) is 1.88. The van der Waals surface area contributed by atoms with Gasteiger partial charge in [-0.1, -0.05) is 19.9 Å². The molecule has 110 valence electrons. The molecule has 1 aliphatic rings. The standard InChI is InChI=1S/C14H25NO4/c1-6-10(16)7-8-15-12(17)11-13(2,3)9-18-14(4,5)19-11/h6,10-11,16H,1,7-9H2,2-5H3,(H,15,17)/t10?,11-/m0/s1. The van der Waals surface area contributed by atoms with Crippen LogP contribution in [-0.4, -0.2) is 42.2 Å². The molecular weight excluding hydrogens is 246 g/mol. The summed E-state index contributed by atoms with van der Waals surface area (Å²) in [5.74, 6) is -0.921. The quantitative estimate of drug-likeness (QED) is 0.738. The summed E-state index contributed by atoms with van der Waals surface area (Å²) < 4.78 is 11.3. The van der Waals surface area contributed by atoms with Gasteiger partial charge in [0.05, 0.1) is 12.7 Å². The van der Waals surface area contributed by atoms with Gasteiger partial charge in [-0.25, -0.2) is 0 Å². The zero-order chi connectivity index (χ0) is 14.7. The molecule has 5 heteroatoms. The van der Waals surface area contributed by atoms with Gasteiger partial charge in [-0.3, -0.25) is 4.79 Å². The summed E-state index contributed by atoms with van der Waals surface area (Å²) in [6.45, 7) is 11.8. The maximum absolute atomic E-state index is 12.2. The number of aliphatic hydroxyl groups is 1. The third-order valence-electron chi connectivity index (χ3n) is 3.15. The Balaban J connectivity index is 2.55. The van der Waals surface area contributed by atoms with Gasteiger partial charge >= 0.3 is 0 Å². The van der Waals surface area contributed by atoms with Crippen molar-refractivity contribution in [1.29, 1.82) is 0 Å². The Morgan fingerprint density at radius 3 is 2.74 bits per heavy atom. The van der Waals surface area contributed by atoms with Gasteiger partial charge < -0.3 is 19.9 Å². The lowest BCUT2D eigenvalue weighted by molar-refractivity contribution is -0.304. The summed E-state index contributed by atoms with van der Waals surface area (Å²) in [5, 5.41) is 12.1. The molecule has 0 saturated carbocycles. The maximum atomic E-state index is 12.2. The van der Waals surface area contributed by atoms with Crippen LogP contribution in [0.2, 0.25) is 0 Å². The van der Waals surface area contributed by atoms with Gasteiger partial charge in [-0.15, -0.1) is 6.58 Å². The smallest absolute Gasteiger partial charge is 0.249 e. The Hall–Kier alpha value is -0.910. The van der Waals surface area contributed by atoms with Crippen molar-refractivity contribution in [3.63, 3.8) is 0 Å². The summed E-state index contributed by atoms with van der Waals surface area (Å²) >= 11 is 0. The summed E-state index contributed by atoms with van der Waals surface area (Å²) in [6.07, 6.45) is 0.740. The van der Waals surface area contributed by atoms with E-state index in [-0.39, 0.29) is 11.3 Å². The minimum absolute atomic E-state index is 0.169. The number of ether oxygens (including phenoxy) is 2. The molecule has 0 bridgehead atoms. The highest BCUT2D eigenvalue weighted by atomic mass is 16.7. The number of hydrogen-bond acceptors (Lipinski definition) is 4. The number of aliphatic hydroxyl groups excluding tert-OH is 1. The van der Waals surface area contributed by atoms with Crippen LogP contribution in [0, 0.1) is 5.41 Å². The molecule has 0 spiro atoms. The van der Waals surface area contributed by atoms with Crippen molar-refractivity contribution in [3.05, 3.63) is 12.7 Å². The zero-order valence-electron chi connectivity index (χ0n) is 12.2. The third-order valence-corrected chi connectivity index (χ3v) is 3.15. The highest BCUT2D eigenvalue weighted by Gasteiger charge is 2.45. The average Bonchev–Trinajstić information content (AvgIpc) is 2.32. The molecule has 0 aromatic rings. The monoisotopic (exact) mass is 271 g/mol. The van der Waals surface area contributed by atoms with Crippen LogP contribution in [0.15, 0.2) is 12.7 Å². The number of carbonyl (C=O) groups excluding carboxylic acids is 1. The van der Waals surface area contributed by atoms with Crippen molar-refractivity contribution in [3.8, 4) is 0 Å². The predicted octanol–water partition coefficient (Wildman–Crippen LogP) is 1.22. The molecular formula is C14H25NO4. The molecule has 2 N–H and O–H groups in total. The van der Waals surface area contributed by atoms with Crippen molar-refractivity contribution < 1.29 is 19.4 Å². The van der Waals surface area contributed by atoms with E-state index in [4.69, 9.17) is 9.47 Å². The molecule has 1 heterocycles. The molecule has 1 amide bonds. The molecule has 19 heavy (non-hydrogen) atoms. The van der Waals surface area contributed by atoms with Gasteiger partial charge in [-0.2, -0.15) is 0 Å². The van der Waals surface area contributed by atoms with Crippen LogP contribution in [0.1, 0.15) is 34.1 Å². The van der Waals surface area contributed by atoms with Crippen molar-refractivity contribution in [2.24, 2.45) is 5.41 Å². The number of rotatable bonds is 5. The van der Waals surface area contributed by atoms with E-state index in [0.29, 0.717) is 19.6 Å². The molecule has 2 atom stereocenters. The summed E-state index contributed by atoms with van der Waals surface area (Å²) in [6, 6.07) is 0. The first-order chi connectivity index (χ1) is 8.68. The first kappa shape index (κ1) is 16.1. The highest BCUT2D eigenvalue weighted by molar-refractivity contribution is 5.81. The number of carbonyl (C=O) groups is 1. The average molecular weight is 271 g/mol. The van der Waals surface area contributed by atoms with E-state index in [1.807, 2.05) is 13.8 Å². The second-order valence-corrected chi connectivity index (χ2v) is 6.06. The topological polar surface area (TPSA) is 67.8 Å². The van der Waals surface area contributed by atoms with Crippen LogP contribution in [0.25, 0.3) is 0 Å². The van der Waals surface area contributed by atoms with E-state index in [0.717, 1.165) is 0 Å². The normalized spacial score (nSPS) is 26.5. The molecule has 1 rings (SSSR count). The van der Waals surface area contributed by atoms with E-state index in [1.165, 1.54) is 6.08 Å². The fraction of sp³-hybridized carbons (Fsp3) is 0.786. The third kappa shape index (κ3) is 4.60. The highest BCUT2D eigenvalue weighted by Crippen LogP contribution is 2.34. The largest absolute Gasteiger partial charge is 0.389 e. The molecule has 1 fully saturated rings. The zero-order valence-corrected chi connectivity index (χ0v) is 12.2. The van der Waals surface area contributed by atoms with Crippen molar-refractivity contribution in [2.45, 2.75) is 52.1 Å². The Bertz CT molecular complexity index is 338. The minimum Gasteiger partial charge on any atom is -0.389 e. The van der Waals surface area contributed by atoms with Gasteiger partial charge in [0.25, 0.3) is 0 Å². The van der Waals surface area contributed by atoms with E-state index in [2.05, 4.69) is 11.9 Å².